The Balaban J connectivity index is 1.36. The molecular formula is C29H39NO4. The van der Waals surface area contributed by atoms with Gasteiger partial charge >= 0.3 is 0 Å². The number of fused-ring (bicyclic) bond motifs is 1. The van der Waals surface area contributed by atoms with E-state index >= 15 is 0 Å². The Morgan fingerprint density at radius 2 is 1.62 bits per heavy atom. The Morgan fingerprint density at radius 1 is 0.912 bits per heavy atom. The number of anilines is 1. The second-order valence-electron chi connectivity index (χ2n) is 10.3. The summed E-state index contributed by atoms with van der Waals surface area (Å²) in [6.07, 6.45) is 8.72. The van der Waals surface area contributed by atoms with E-state index in [0.29, 0.717) is 24.2 Å². The molecule has 0 amide bonds. The van der Waals surface area contributed by atoms with Crippen molar-refractivity contribution in [3.63, 3.8) is 0 Å². The first kappa shape index (κ1) is 23.7. The highest BCUT2D eigenvalue weighted by Crippen LogP contribution is 2.44. The predicted molar refractivity (Wildman–Crippen MR) is 134 cm³/mol. The molecule has 3 aliphatic rings. The molecule has 0 aromatic heterocycles. The third-order valence-corrected chi connectivity index (χ3v) is 8.34. The van der Waals surface area contributed by atoms with Crippen molar-refractivity contribution in [1.29, 1.82) is 0 Å². The number of phenolic OH excluding ortho intramolecular Hbond substituents is 1. The van der Waals surface area contributed by atoms with E-state index in [0.717, 1.165) is 31.5 Å². The van der Waals surface area contributed by atoms with Gasteiger partial charge in [-0.05, 0) is 72.6 Å². The molecule has 2 aromatic rings. The molecule has 5 nitrogen and oxygen atoms in total. The summed E-state index contributed by atoms with van der Waals surface area (Å²) in [7, 11) is 3.46. The summed E-state index contributed by atoms with van der Waals surface area (Å²) in [6, 6.07) is 15.0. The Bertz CT molecular complexity index is 928. The molecule has 2 aliphatic heterocycles. The lowest BCUT2D eigenvalue weighted by atomic mass is 9.73. The molecule has 2 aromatic carbocycles. The molecule has 34 heavy (non-hydrogen) atoms. The largest absolute Gasteiger partial charge is 0.508 e. The van der Waals surface area contributed by atoms with E-state index < -0.39 is 0 Å². The van der Waals surface area contributed by atoms with Gasteiger partial charge in [-0.3, -0.25) is 0 Å². The average Bonchev–Trinajstić information content (AvgIpc) is 2.90. The predicted octanol–water partition coefficient (Wildman–Crippen LogP) is 5.84. The molecule has 1 aliphatic carbocycles. The van der Waals surface area contributed by atoms with E-state index in [2.05, 4.69) is 35.2 Å². The highest BCUT2D eigenvalue weighted by molar-refractivity contribution is 5.51. The summed E-state index contributed by atoms with van der Waals surface area (Å²) < 4.78 is 17.5. The fourth-order valence-corrected chi connectivity index (χ4v) is 6.52. The van der Waals surface area contributed by atoms with Crippen molar-refractivity contribution >= 4 is 5.69 Å². The van der Waals surface area contributed by atoms with Crippen molar-refractivity contribution in [1.82, 2.24) is 0 Å². The molecule has 0 bridgehead atoms. The summed E-state index contributed by atoms with van der Waals surface area (Å²) in [5, 5.41) is 10.0. The minimum Gasteiger partial charge on any atom is -0.508 e. The van der Waals surface area contributed by atoms with Crippen LogP contribution in [0.25, 0.3) is 0 Å². The van der Waals surface area contributed by atoms with Crippen LogP contribution in [-0.2, 0) is 20.8 Å². The monoisotopic (exact) mass is 465 g/mol. The number of aromatic hydroxyl groups is 1. The van der Waals surface area contributed by atoms with Crippen LogP contribution in [0.15, 0.2) is 42.5 Å². The normalized spacial score (nSPS) is 24.4. The average molecular weight is 466 g/mol. The van der Waals surface area contributed by atoms with E-state index in [1.807, 2.05) is 12.1 Å². The van der Waals surface area contributed by atoms with Crippen molar-refractivity contribution in [3.8, 4) is 5.75 Å². The number of piperidine rings is 1. The van der Waals surface area contributed by atoms with E-state index in [9.17, 15) is 5.11 Å². The standard InChI is InChI=1S/C29H39NO4/c1-32-29(33-2)22-14-16-30(17-15-22)24-10-8-20(9-11-24)27-26-13-12-25(31)18-23(26)19-34-28(27)21-6-4-3-5-7-21/h8-13,18,21-22,27-29,31H,3-7,14-17,19H2,1-2H3. The molecule has 5 rings (SSSR count). The van der Waals surface area contributed by atoms with Gasteiger partial charge in [-0.1, -0.05) is 37.5 Å². The third-order valence-electron chi connectivity index (χ3n) is 8.34. The van der Waals surface area contributed by atoms with Crippen molar-refractivity contribution in [2.24, 2.45) is 11.8 Å². The molecule has 1 saturated heterocycles. The minimum absolute atomic E-state index is 0.105. The van der Waals surface area contributed by atoms with Gasteiger partial charge in [0.15, 0.2) is 6.29 Å². The molecule has 1 saturated carbocycles. The lowest BCUT2D eigenvalue weighted by Gasteiger charge is -2.40. The van der Waals surface area contributed by atoms with E-state index in [1.165, 1.54) is 48.9 Å². The first-order chi connectivity index (χ1) is 16.7. The number of hydrogen-bond donors (Lipinski definition) is 1. The maximum absolute atomic E-state index is 10.0. The number of methoxy groups -OCH3 is 2. The maximum Gasteiger partial charge on any atom is 0.159 e. The van der Waals surface area contributed by atoms with Crippen LogP contribution in [0.3, 0.4) is 0 Å². The summed E-state index contributed by atoms with van der Waals surface area (Å²) in [5.74, 6) is 1.60. The minimum atomic E-state index is -0.105. The maximum atomic E-state index is 10.0. The van der Waals surface area contributed by atoms with E-state index in [1.54, 1.807) is 14.2 Å². The van der Waals surface area contributed by atoms with Crippen molar-refractivity contribution in [3.05, 3.63) is 59.2 Å². The Kier molecular flexibility index (Phi) is 7.43. The second kappa shape index (κ2) is 10.7. The van der Waals surface area contributed by atoms with Crippen LogP contribution >= 0.6 is 0 Å². The van der Waals surface area contributed by atoms with Gasteiger partial charge in [0.1, 0.15) is 5.75 Å². The van der Waals surface area contributed by atoms with Crippen molar-refractivity contribution in [2.45, 2.75) is 69.9 Å². The zero-order chi connectivity index (χ0) is 23.5. The van der Waals surface area contributed by atoms with Gasteiger partial charge in [-0.2, -0.15) is 0 Å². The lowest BCUT2D eigenvalue weighted by Crippen LogP contribution is -2.39. The first-order valence-corrected chi connectivity index (χ1v) is 13.0. The van der Waals surface area contributed by atoms with Gasteiger partial charge < -0.3 is 24.2 Å². The van der Waals surface area contributed by atoms with E-state index in [4.69, 9.17) is 14.2 Å². The molecule has 2 fully saturated rings. The van der Waals surface area contributed by atoms with Crippen molar-refractivity contribution < 1.29 is 19.3 Å². The number of nitrogens with zero attached hydrogens (tertiary/aromatic N) is 1. The van der Waals surface area contributed by atoms with Crippen LogP contribution in [0.4, 0.5) is 5.69 Å². The fourth-order valence-electron chi connectivity index (χ4n) is 6.52. The van der Waals surface area contributed by atoms with Gasteiger partial charge in [0.2, 0.25) is 0 Å². The highest BCUT2D eigenvalue weighted by Gasteiger charge is 2.37. The lowest BCUT2D eigenvalue weighted by molar-refractivity contribution is -0.141. The van der Waals surface area contributed by atoms with Gasteiger partial charge in [-0.25, -0.2) is 0 Å². The van der Waals surface area contributed by atoms with Crippen LogP contribution in [0.5, 0.6) is 5.75 Å². The molecule has 0 spiro atoms. The summed E-state index contributed by atoms with van der Waals surface area (Å²) in [5.41, 5.74) is 5.04. The molecule has 0 radical (unpaired) electrons. The Morgan fingerprint density at radius 3 is 2.29 bits per heavy atom. The fraction of sp³-hybridized carbons (Fsp3) is 0.586. The molecule has 2 heterocycles. The molecule has 5 heteroatoms. The van der Waals surface area contributed by atoms with Crippen LogP contribution in [0.2, 0.25) is 0 Å². The molecule has 184 valence electrons. The topological polar surface area (TPSA) is 51.2 Å². The van der Waals surface area contributed by atoms with Crippen LogP contribution in [0, 0.1) is 11.8 Å². The van der Waals surface area contributed by atoms with Gasteiger partial charge in [-0.15, -0.1) is 0 Å². The van der Waals surface area contributed by atoms with E-state index in [-0.39, 0.29) is 18.3 Å². The number of hydrogen-bond acceptors (Lipinski definition) is 5. The quantitative estimate of drug-likeness (QED) is 0.543. The Hall–Kier alpha value is -2.08. The van der Waals surface area contributed by atoms with Crippen LogP contribution in [-0.4, -0.2) is 44.8 Å². The highest BCUT2D eigenvalue weighted by atomic mass is 16.7. The second-order valence-corrected chi connectivity index (χ2v) is 10.3. The zero-order valence-electron chi connectivity index (χ0n) is 20.6. The number of ether oxygens (including phenoxy) is 3. The SMILES string of the molecule is COC(OC)C1CCN(c2ccc(C3c4ccc(O)cc4COC3C3CCCCC3)cc2)CC1. The van der Waals surface area contributed by atoms with Crippen molar-refractivity contribution in [2.75, 3.05) is 32.2 Å². The van der Waals surface area contributed by atoms with Gasteiger partial charge in [0.25, 0.3) is 0 Å². The number of benzene rings is 2. The smallest absolute Gasteiger partial charge is 0.159 e. The summed E-state index contributed by atoms with van der Waals surface area (Å²) in [6.45, 7) is 2.64. The molecule has 1 N–H and O–H groups in total. The first-order valence-electron chi connectivity index (χ1n) is 13.0. The Labute approximate surface area is 204 Å². The third kappa shape index (κ3) is 4.84. The van der Waals surface area contributed by atoms with Gasteiger partial charge in [0.05, 0.1) is 12.7 Å². The van der Waals surface area contributed by atoms with Crippen LogP contribution < -0.4 is 4.90 Å². The number of rotatable bonds is 6. The molecular weight excluding hydrogens is 426 g/mol. The molecule has 2 atom stereocenters. The summed E-state index contributed by atoms with van der Waals surface area (Å²) in [4.78, 5) is 2.48. The number of phenols is 1. The zero-order valence-corrected chi connectivity index (χ0v) is 20.6. The summed E-state index contributed by atoms with van der Waals surface area (Å²) >= 11 is 0. The van der Waals surface area contributed by atoms with Gasteiger partial charge in [0, 0.05) is 44.8 Å². The molecule has 2 unspecified atom stereocenters. The van der Waals surface area contributed by atoms with Crippen LogP contribution in [0.1, 0.15) is 67.6 Å².